The van der Waals surface area contributed by atoms with Crippen molar-refractivity contribution in [3.05, 3.63) is 0 Å². The van der Waals surface area contributed by atoms with Crippen LogP contribution >= 0.6 is 0 Å². The van der Waals surface area contributed by atoms with Crippen LogP contribution < -0.4 is 0 Å². The Balaban J connectivity index is 1.47. The number of aliphatic hydroxyl groups excluding tert-OH is 1. The molecule has 2 atom stereocenters. The number of likely N-dealkylation sites (tertiary alicyclic amines) is 1. The van der Waals surface area contributed by atoms with E-state index in [4.69, 9.17) is 0 Å². The van der Waals surface area contributed by atoms with Crippen LogP contribution in [-0.2, 0) is 0 Å². The zero-order valence-electron chi connectivity index (χ0n) is 8.91. The highest BCUT2D eigenvalue weighted by molar-refractivity contribution is 5.05. The van der Waals surface area contributed by atoms with Gasteiger partial charge in [-0.05, 0) is 37.0 Å². The molecule has 2 heteroatoms. The molecule has 1 heterocycles. The van der Waals surface area contributed by atoms with Gasteiger partial charge in [-0.15, -0.1) is 0 Å². The Labute approximate surface area is 86.3 Å². The second kappa shape index (κ2) is 3.21. The molecule has 0 radical (unpaired) electrons. The van der Waals surface area contributed by atoms with Crippen molar-refractivity contribution in [2.45, 2.75) is 44.6 Å². The van der Waals surface area contributed by atoms with Crippen LogP contribution in [0, 0.1) is 11.3 Å². The molecule has 0 bridgehead atoms. The third-order valence-electron chi connectivity index (χ3n) is 4.44. The quantitative estimate of drug-likeness (QED) is 0.724. The van der Waals surface area contributed by atoms with Crippen LogP contribution in [0.1, 0.15) is 38.5 Å². The third-order valence-corrected chi connectivity index (χ3v) is 4.44. The first-order valence-electron chi connectivity index (χ1n) is 6.18. The Kier molecular flexibility index (Phi) is 2.10. The lowest BCUT2D eigenvalue weighted by Gasteiger charge is -2.43. The fourth-order valence-corrected chi connectivity index (χ4v) is 3.26. The van der Waals surface area contributed by atoms with Gasteiger partial charge in [0, 0.05) is 19.6 Å². The first-order chi connectivity index (χ1) is 6.77. The summed E-state index contributed by atoms with van der Waals surface area (Å²) < 4.78 is 0. The molecule has 3 fully saturated rings. The molecule has 3 aliphatic rings. The lowest BCUT2D eigenvalue weighted by atomic mass is 9.84. The van der Waals surface area contributed by atoms with E-state index in [-0.39, 0.29) is 6.10 Å². The van der Waals surface area contributed by atoms with E-state index in [9.17, 15) is 5.11 Å². The fraction of sp³-hybridized carbons (Fsp3) is 1.00. The zero-order chi connectivity index (χ0) is 9.60. The maximum Gasteiger partial charge on any atom is 0.0580 e. The second-order valence-corrected chi connectivity index (χ2v) is 5.78. The van der Waals surface area contributed by atoms with Crippen LogP contribution in [0.15, 0.2) is 0 Å². The summed E-state index contributed by atoms with van der Waals surface area (Å²) in [6.07, 6.45) is 7.81. The van der Waals surface area contributed by atoms with Crippen molar-refractivity contribution in [1.82, 2.24) is 4.90 Å². The summed E-state index contributed by atoms with van der Waals surface area (Å²) >= 11 is 0. The van der Waals surface area contributed by atoms with Gasteiger partial charge in [-0.25, -0.2) is 0 Å². The average molecular weight is 195 g/mol. The zero-order valence-corrected chi connectivity index (χ0v) is 8.91. The molecule has 1 spiro atoms. The molecule has 3 rings (SSSR count). The minimum absolute atomic E-state index is 0.000460. The molecule has 14 heavy (non-hydrogen) atoms. The Hall–Kier alpha value is -0.0800. The normalized spacial score (nSPS) is 40.9. The highest BCUT2D eigenvalue weighted by Crippen LogP contribution is 2.53. The number of hydrogen-bond acceptors (Lipinski definition) is 2. The smallest absolute Gasteiger partial charge is 0.0580 e. The lowest BCUT2D eigenvalue weighted by Crippen LogP contribution is -2.51. The molecular formula is C12H21NO. The van der Waals surface area contributed by atoms with Crippen LogP contribution in [0.25, 0.3) is 0 Å². The molecule has 80 valence electrons. The maximum absolute atomic E-state index is 9.86. The van der Waals surface area contributed by atoms with E-state index in [1.54, 1.807) is 0 Å². The molecule has 1 saturated heterocycles. The minimum Gasteiger partial charge on any atom is -0.393 e. The molecular weight excluding hydrogens is 174 g/mol. The van der Waals surface area contributed by atoms with Crippen molar-refractivity contribution in [2.75, 3.05) is 19.6 Å². The first-order valence-corrected chi connectivity index (χ1v) is 6.18. The fourth-order valence-electron chi connectivity index (χ4n) is 3.26. The molecule has 2 aliphatic carbocycles. The second-order valence-electron chi connectivity index (χ2n) is 5.78. The van der Waals surface area contributed by atoms with Gasteiger partial charge in [0.05, 0.1) is 6.10 Å². The molecule has 2 unspecified atom stereocenters. The summed E-state index contributed by atoms with van der Waals surface area (Å²) in [6, 6.07) is 0. The van der Waals surface area contributed by atoms with E-state index in [0.29, 0.717) is 5.92 Å². The van der Waals surface area contributed by atoms with E-state index < -0.39 is 0 Å². The number of hydrogen-bond donors (Lipinski definition) is 1. The van der Waals surface area contributed by atoms with Gasteiger partial charge in [0.1, 0.15) is 0 Å². The summed E-state index contributed by atoms with van der Waals surface area (Å²) in [6.45, 7) is 3.83. The highest BCUT2D eigenvalue weighted by Gasteiger charge is 2.52. The van der Waals surface area contributed by atoms with Crippen molar-refractivity contribution in [1.29, 1.82) is 0 Å². The number of rotatable bonds is 2. The Bertz CT molecular complexity index is 216. The van der Waals surface area contributed by atoms with Crippen LogP contribution in [0.5, 0.6) is 0 Å². The average Bonchev–Trinajstić information content (AvgIpc) is 2.88. The highest BCUT2D eigenvalue weighted by atomic mass is 16.3. The van der Waals surface area contributed by atoms with Crippen molar-refractivity contribution >= 4 is 0 Å². The van der Waals surface area contributed by atoms with Crippen molar-refractivity contribution in [3.8, 4) is 0 Å². The predicted molar refractivity (Wildman–Crippen MR) is 56.1 cm³/mol. The van der Waals surface area contributed by atoms with Gasteiger partial charge in [0.25, 0.3) is 0 Å². The topological polar surface area (TPSA) is 23.5 Å². The van der Waals surface area contributed by atoms with Crippen LogP contribution in [-0.4, -0.2) is 35.7 Å². The van der Waals surface area contributed by atoms with Gasteiger partial charge < -0.3 is 10.0 Å². The maximum atomic E-state index is 9.86. The number of nitrogens with zero attached hydrogens (tertiary/aromatic N) is 1. The van der Waals surface area contributed by atoms with Crippen LogP contribution in [0.4, 0.5) is 0 Å². The Morgan fingerprint density at radius 2 is 1.86 bits per heavy atom. The van der Waals surface area contributed by atoms with E-state index in [1.165, 1.54) is 51.7 Å². The third kappa shape index (κ3) is 1.59. The molecule has 1 aliphatic heterocycles. The van der Waals surface area contributed by atoms with E-state index in [2.05, 4.69) is 4.90 Å². The van der Waals surface area contributed by atoms with Gasteiger partial charge in [-0.3, -0.25) is 0 Å². The molecule has 0 amide bonds. The SMILES string of the molecule is OC1CCCCC1CN1CC2(CC2)C1. The monoisotopic (exact) mass is 195 g/mol. The summed E-state index contributed by atoms with van der Waals surface area (Å²) in [5.74, 6) is 0.583. The van der Waals surface area contributed by atoms with Crippen LogP contribution in [0.3, 0.4) is 0 Å². The predicted octanol–water partition coefficient (Wildman–Crippen LogP) is 1.63. The van der Waals surface area contributed by atoms with Gasteiger partial charge in [-0.1, -0.05) is 12.8 Å². The van der Waals surface area contributed by atoms with Crippen molar-refractivity contribution in [2.24, 2.45) is 11.3 Å². The summed E-state index contributed by atoms with van der Waals surface area (Å²) in [4.78, 5) is 2.56. The van der Waals surface area contributed by atoms with Gasteiger partial charge >= 0.3 is 0 Å². The van der Waals surface area contributed by atoms with Gasteiger partial charge in [0.15, 0.2) is 0 Å². The summed E-state index contributed by atoms with van der Waals surface area (Å²) in [7, 11) is 0. The summed E-state index contributed by atoms with van der Waals surface area (Å²) in [5, 5.41) is 9.86. The molecule has 0 aromatic heterocycles. The number of aliphatic hydroxyl groups is 1. The Morgan fingerprint density at radius 3 is 2.50 bits per heavy atom. The van der Waals surface area contributed by atoms with Crippen molar-refractivity contribution in [3.63, 3.8) is 0 Å². The lowest BCUT2D eigenvalue weighted by molar-refractivity contribution is 0.00499. The van der Waals surface area contributed by atoms with E-state index >= 15 is 0 Å². The standard InChI is InChI=1S/C12H21NO/c14-11-4-2-1-3-10(11)7-13-8-12(9-13)5-6-12/h10-11,14H,1-9H2. The van der Waals surface area contributed by atoms with Crippen LogP contribution in [0.2, 0.25) is 0 Å². The molecule has 0 aromatic rings. The van der Waals surface area contributed by atoms with E-state index in [1.807, 2.05) is 0 Å². The van der Waals surface area contributed by atoms with E-state index in [0.717, 1.165) is 11.8 Å². The first kappa shape index (κ1) is 9.17. The molecule has 2 saturated carbocycles. The minimum atomic E-state index is -0.000460. The van der Waals surface area contributed by atoms with Gasteiger partial charge in [0.2, 0.25) is 0 Å². The largest absolute Gasteiger partial charge is 0.393 e. The molecule has 0 aromatic carbocycles. The molecule has 2 nitrogen and oxygen atoms in total. The molecule has 1 N–H and O–H groups in total. The van der Waals surface area contributed by atoms with Gasteiger partial charge in [-0.2, -0.15) is 0 Å². The Morgan fingerprint density at radius 1 is 1.14 bits per heavy atom. The van der Waals surface area contributed by atoms with Crippen molar-refractivity contribution < 1.29 is 5.11 Å². The summed E-state index contributed by atoms with van der Waals surface area (Å²) in [5.41, 5.74) is 0.777.